The summed E-state index contributed by atoms with van der Waals surface area (Å²) in [6.45, 7) is 0. The molecular weight excluding hydrogens is 417 g/mol. The van der Waals surface area contributed by atoms with Gasteiger partial charge in [-0.25, -0.2) is 8.78 Å². The summed E-state index contributed by atoms with van der Waals surface area (Å²) in [5.41, 5.74) is 5.90. The summed E-state index contributed by atoms with van der Waals surface area (Å²) in [5, 5.41) is 2.41. The Morgan fingerprint density at radius 3 is 2.35 bits per heavy atom. The molecule has 23 heavy (non-hydrogen) atoms. The summed E-state index contributed by atoms with van der Waals surface area (Å²) in [6, 6.07) is 8.82. The van der Waals surface area contributed by atoms with Crippen LogP contribution >= 0.6 is 22.6 Å². The largest absolute Gasteiger partial charge is 0.368 e. The first-order valence-electron chi connectivity index (χ1n) is 6.66. The van der Waals surface area contributed by atoms with Crippen molar-refractivity contribution in [3.63, 3.8) is 0 Å². The SMILES string of the molecule is NC(=O)[C@H](Cc1cccc(I)c1)NC(=O)c1cc(F)cc(F)c1. The standard InChI is InChI=1S/C16H13F2IN2O2/c17-11-6-10(7-12(18)8-11)16(23)21-14(15(20)22)5-9-2-1-3-13(19)4-9/h1-4,6-8,14H,5H2,(H2,20,22)(H,21,23)/t14-/m0/s1. The lowest BCUT2D eigenvalue weighted by atomic mass is 10.0. The summed E-state index contributed by atoms with van der Waals surface area (Å²) in [4.78, 5) is 23.6. The fraction of sp³-hybridized carbons (Fsp3) is 0.125. The zero-order valence-corrected chi connectivity index (χ0v) is 14.0. The fourth-order valence-corrected chi connectivity index (χ4v) is 2.66. The van der Waals surface area contributed by atoms with Crippen molar-refractivity contribution in [1.29, 1.82) is 0 Å². The number of rotatable bonds is 5. The Morgan fingerprint density at radius 1 is 1.13 bits per heavy atom. The lowest BCUT2D eigenvalue weighted by molar-refractivity contribution is -0.119. The zero-order chi connectivity index (χ0) is 17.0. The number of amides is 2. The predicted octanol–water partition coefficient (Wildman–Crippen LogP) is 2.40. The van der Waals surface area contributed by atoms with E-state index >= 15 is 0 Å². The second kappa shape index (κ2) is 7.49. The number of halogens is 3. The first kappa shape index (κ1) is 17.3. The second-order valence-corrected chi connectivity index (χ2v) is 6.17. The maximum atomic E-state index is 13.2. The Morgan fingerprint density at radius 2 is 1.78 bits per heavy atom. The van der Waals surface area contributed by atoms with Gasteiger partial charge in [-0.2, -0.15) is 0 Å². The van der Waals surface area contributed by atoms with Gasteiger partial charge in [0.15, 0.2) is 0 Å². The van der Waals surface area contributed by atoms with Gasteiger partial charge in [0.25, 0.3) is 5.91 Å². The van der Waals surface area contributed by atoms with Crippen LogP contribution in [0.3, 0.4) is 0 Å². The second-order valence-electron chi connectivity index (χ2n) is 4.92. The molecule has 2 amide bonds. The van der Waals surface area contributed by atoms with E-state index in [1.807, 2.05) is 18.2 Å². The van der Waals surface area contributed by atoms with Crippen LogP contribution in [0.1, 0.15) is 15.9 Å². The molecule has 0 aliphatic heterocycles. The third kappa shape index (κ3) is 4.98. The minimum absolute atomic E-state index is 0.190. The Hall–Kier alpha value is -2.03. The number of hydrogen-bond donors (Lipinski definition) is 2. The van der Waals surface area contributed by atoms with Crippen LogP contribution in [-0.4, -0.2) is 17.9 Å². The van der Waals surface area contributed by atoms with E-state index < -0.39 is 29.5 Å². The summed E-state index contributed by atoms with van der Waals surface area (Å²) < 4.78 is 27.3. The molecule has 2 aromatic rings. The van der Waals surface area contributed by atoms with Crippen molar-refractivity contribution < 1.29 is 18.4 Å². The topological polar surface area (TPSA) is 72.2 Å². The Balaban J connectivity index is 2.15. The van der Waals surface area contributed by atoms with Crippen LogP contribution in [0.2, 0.25) is 0 Å². The van der Waals surface area contributed by atoms with Crippen LogP contribution in [0, 0.1) is 15.2 Å². The summed E-state index contributed by atoms with van der Waals surface area (Å²) in [7, 11) is 0. The molecule has 0 unspecified atom stereocenters. The molecule has 2 aromatic carbocycles. The Labute approximate surface area is 145 Å². The van der Waals surface area contributed by atoms with Crippen LogP contribution in [-0.2, 0) is 11.2 Å². The molecule has 0 aliphatic carbocycles. The summed E-state index contributed by atoms with van der Waals surface area (Å²) in [6.07, 6.45) is 0.190. The first-order valence-corrected chi connectivity index (χ1v) is 7.74. The average Bonchev–Trinajstić information content (AvgIpc) is 2.45. The smallest absolute Gasteiger partial charge is 0.252 e. The van der Waals surface area contributed by atoms with Gasteiger partial charge >= 0.3 is 0 Å². The minimum atomic E-state index is -0.980. The molecule has 0 bridgehead atoms. The predicted molar refractivity (Wildman–Crippen MR) is 89.7 cm³/mol. The highest BCUT2D eigenvalue weighted by atomic mass is 127. The van der Waals surface area contributed by atoms with Crippen LogP contribution in [0.4, 0.5) is 8.78 Å². The number of carbonyl (C=O) groups excluding carboxylic acids is 2. The van der Waals surface area contributed by atoms with Gasteiger partial charge in [0, 0.05) is 21.6 Å². The van der Waals surface area contributed by atoms with Gasteiger partial charge < -0.3 is 11.1 Å². The number of primary amides is 1. The molecule has 120 valence electrons. The molecule has 0 fully saturated rings. The molecule has 1 atom stereocenters. The van der Waals surface area contributed by atoms with E-state index in [1.165, 1.54) is 0 Å². The molecule has 0 heterocycles. The summed E-state index contributed by atoms with van der Waals surface area (Å²) in [5.74, 6) is -3.24. The lowest BCUT2D eigenvalue weighted by Crippen LogP contribution is -2.45. The van der Waals surface area contributed by atoms with Crippen molar-refractivity contribution in [2.45, 2.75) is 12.5 Å². The van der Waals surface area contributed by atoms with Crippen molar-refractivity contribution in [2.24, 2.45) is 5.73 Å². The Bertz CT molecular complexity index is 732. The molecule has 0 aliphatic rings. The van der Waals surface area contributed by atoms with Crippen molar-refractivity contribution in [3.05, 3.63) is 68.8 Å². The molecule has 0 aromatic heterocycles. The van der Waals surface area contributed by atoms with Gasteiger partial charge in [-0.3, -0.25) is 9.59 Å². The Kier molecular flexibility index (Phi) is 5.64. The number of nitrogens with two attached hydrogens (primary N) is 1. The molecular formula is C16H13F2IN2O2. The van der Waals surface area contributed by atoms with Crippen molar-refractivity contribution in [1.82, 2.24) is 5.32 Å². The molecule has 0 spiro atoms. The van der Waals surface area contributed by atoms with E-state index in [1.54, 1.807) is 6.07 Å². The van der Waals surface area contributed by atoms with E-state index in [9.17, 15) is 18.4 Å². The van der Waals surface area contributed by atoms with Crippen molar-refractivity contribution in [2.75, 3.05) is 0 Å². The van der Waals surface area contributed by atoms with Crippen molar-refractivity contribution in [3.8, 4) is 0 Å². The highest BCUT2D eigenvalue weighted by molar-refractivity contribution is 14.1. The lowest BCUT2D eigenvalue weighted by Gasteiger charge is -2.16. The van der Waals surface area contributed by atoms with Crippen molar-refractivity contribution >= 4 is 34.4 Å². The highest BCUT2D eigenvalue weighted by Gasteiger charge is 2.20. The monoisotopic (exact) mass is 430 g/mol. The zero-order valence-electron chi connectivity index (χ0n) is 11.9. The molecule has 0 saturated carbocycles. The molecule has 0 radical (unpaired) electrons. The van der Waals surface area contributed by atoms with Gasteiger partial charge in [-0.15, -0.1) is 0 Å². The number of benzene rings is 2. The maximum Gasteiger partial charge on any atom is 0.252 e. The average molecular weight is 430 g/mol. The van der Waals surface area contributed by atoms with E-state index in [2.05, 4.69) is 27.9 Å². The molecule has 7 heteroatoms. The maximum absolute atomic E-state index is 13.2. The number of carbonyl (C=O) groups is 2. The van der Waals surface area contributed by atoms with Crippen LogP contribution in [0.5, 0.6) is 0 Å². The van der Waals surface area contributed by atoms with E-state index in [0.29, 0.717) is 6.07 Å². The molecule has 2 rings (SSSR count). The fourth-order valence-electron chi connectivity index (χ4n) is 2.05. The summed E-state index contributed by atoms with van der Waals surface area (Å²) >= 11 is 2.12. The van der Waals surface area contributed by atoms with E-state index in [4.69, 9.17) is 5.73 Å². The van der Waals surface area contributed by atoms with Gasteiger partial charge in [0.1, 0.15) is 17.7 Å². The van der Waals surface area contributed by atoms with E-state index in [0.717, 1.165) is 21.3 Å². The third-order valence-corrected chi connectivity index (χ3v) is 3.77. The van der Waals surface area contributed by atoms with Crippen LogP contribution < -0.4 is 11.1 Å². The van der Waals surface area contributed by atoms with Gasteiger partial charge in [0.05, 0.1) is 0 Å². The molecule has 0 saturated heterocycles. The quantitative estimate of drug-likeness (QED) is 0.716. The van der Waals surface area contributed by atoms with Gasteiger partial charge in [0.2, 0.25) is 5.91 Å². The van der Waals surface area contributed by atoms with Gasteiger partial charge in [-0.05, 0) is 52.4 Å². The van der Waals surface area contributed by atoms with Crippen LogP contribution in [0.25, 0.3) is 0 Å². The van der Waals surface area contributed by atoms with Crippen LogP contribution in [0.15, 0.2) is 42.5 Å². The molecule has 3 N–H and O–H groups in total. The molecule has 4 nitrogen and oxygen atoms in total. The highest BCUT2D eigenvalue weighted by Crippen LogP contribution is 2.11. The normalized spacial score (nSPS) is 11.8. The minimum Gasteiger partial charge on any atom is -0.368 e. The first-order chi connectivity index (χ1) is 10.8. The van der Waals surface area contributed by atoms with Gasteiger partial charge in [-0.1, -0.05) is 12.1 Å². The van der Waals surface area contributed by atoms with E-state index in [-0.39, 0.29) is 12.0 Å². The third-order valence-electron chi connectivity index (χ3n) is 3.10. The number of hydrogen-bond acceptors (Lipinski definition) is 2. The number of nitrogens with one attached hydrogen (secondary N) is 1.